The van der Waals surface area contributed by atoms with Crippen molar-refractivity contribution in [3.8, 4) is 23.0 Å². The largest absolute Gasteiger partial charge is 0.497 e. The first-order chi connectivity index (χ1) is 11.7. The Bertz CT molecular complexity index is 670. The number of hydrogen-bond donors (Lipinski definition) is 1. The summed E-state index contributed by atoms with van der Waals surface area (Å²) in [7, 11) is 4.75. The van der Waals surface area contributed by atoms with E-state index in [-0.39, 0.29) is 12.5 Å². The monoisotopic (exact) mass is 331 g/mol. The molecule has 0 spiro atoms. The van der Waals surface area contributed by atoms with E-state index in [1.807, 2.05) is 12.1 Å². The average molecular weight is 331 g/mol. The molecule has 24 heavy (non-hydrogen) atoms. The lowest BCUT2D eigenvalue weighted by Crippen LogP contribution is -2.28. The molecule has 6 nitrogen and oxygen atoms in total. The van der Waals surface area contributed by atoms with Gasteiger partial charge in [-0.25, -0.2) is 0 Å². The van der Waals surface area contributed by atoms with E-state index in [1.165, 1.54) is 0 Å². The van der Waals surface area contributed by atoms with Gasteiger partial charge in [-0.1, -0.05) is 6.07 Å². The number of ether oxygens (including phenoxy) is 4. The van der Waals surface area contributed by atoms with E-state index >= 15 is 0 Å². The Morgan fingerprint density at radius 2 is 1.54 bits per heavy atom. The van der Waals surface area contributed by atoms with Gasteiger partial charge in [-0.2, -0.15) is 0 Å². The number of nitrogens with one attached hydrogen (secondary N) is 1. The minimum atomic E-state index is -0.208. The number of amides is 1. The van der Waals surface area contributed by atoms with Gasteiger partial charge < -0.3 is 24.3 Å². The second-order valence-electron chi connectivity index (χ2n) is 4.93. The van der Waals surface area contributed by atoms with Crippen LogP contribution in [0.3, 0.4) is 0 Å². The summed E-state index contributed by atoms with van der Waals surface area (Å²) in [6.07, 6.45) is 0. The molecule has 0 saturated heterocycles. The van der Waals surface area contributed by atoms with E-state index in [2.05, 4.69) is 5.32 Å². The minimum Gasteiger partial charge on any atom is -0.497 e. The SMILES string of the molecule is COc1ccc(OCC(=O)NCc2ccc(OC)c(OC)c2)cc1. The van der Waals surface area contributed by atoms with E-state index in [4.69, 9.17) is 18.9 Å². The molecule has 2 rings (SSSR count). The lowest BCUT2D eigenvalue weighted by atomic mass is 10.2. The second-order valence-corrected chi connectivity index (χ2v) is 4.93. The van der Waals surface area contributed by atoms with Crippen LogP contribution in [0.25, 0.3) is 0 Å². The molecule has 2 aromatic carbocycles. The van der Waals surface area contributed by atoms with Crippen LogP contribution in [0.4, 0.5) is 0 Å². The average Bonchev–Trinajstić information content (AvgIpc) is 2.64. The molecule has 0 aliphatic rings. The maximum atomic E-state index is 11.9. The summed E-state index contributed by atoms with van der Waals surface area (Å²) in [5, 5.41) is 2.80. The maximum absolute atomic E-state index is 11.9. The van der Waals surface area contributed by atoms with Crippen LogP contribution in [0.1, 0.15) is 5.56 Å². The minimum absolute atomic E-state index is 0.0559. The zero-order valence-corrected chi connectivity index (χ0v) is 14.0. The summed E-state index contributed by atoms with van der Waals surface area (Å²) in [5.74, 6) is 2.41. The fourth-order valence-corrected chi connectivity index (χ4v) is 2.06. The van der Waals surface area contributed by atoms with Gasteiger partial charge in [-0.15, -0.1) is 0 Å². The van der Waals surface area contributed by atoms with E-state index in [1.54, 1.807) is 51.7 Å². The summed E-state index contributed by atoms with van der Waals surface area (Å²) < 4.78 is 20.9. The zero-order valence-electron chi connectivity index (χ0n) is 14.0. The van der Waals surface area contributed by atoms with Crippen LogP contribution in [0.5, 0.6) is 23.0 Å². The van der Waals surface area contributed by atoms with Crippen molar-refractivity contribution in [1.29, 1.82) is 0 Å². The molecule has 1 N–H and O–H groups in total. The molecule has 6 heteroatoms. The lowest BCUT2D eigenvalue weighted by Gasteiger charge is -2.11. The highest BCUT2D eigenvalue weighted by molar-refractivity contribution is 5.77. The first-order valence-electron chi connectivity index (χ1n) is 7.40. The molecule has 2 aromatic rings. The van der Waals surface area contributed by atoms with Crippen LogP contribution in [0.2, 0.25) is 0 Å². The first-order valence-corrected chi connectivity index (χ1v) is 7.40. The lowest BCUT2D eigenvalue weighted by molar-refractivity contribution is -0.123. The maximum Gasteiger partial charge on any atom is 0.258 e. The van der Waals surface area contributed by atoms with Crippen LogP contribution in [0.15, 0.2) is 42.5 Å². The van der Waals surface area contributed by atoms with Crippen molar-refractivity contribution >= 4 is 5.91 Å². The highest BCUT2D eigenvalue weighted by atomic mass is 16.5. The molecule has 0 fully saturated rings. The van der Waals surface area contributed by atoms with Crippen molar-refractivity contribution in [2.75, 3.05) is 27.9 Å². The Morgan fingerprint density at radius 3 is 2.17 bits per heavy atom. The molecular weight excluding hydrogens is 310 g/mol. The summed E-state index contributed by atoms with van der Waals surface area (Å²) in [5.41, 5.74) is 0.908. The summed E-state index contributed by atoms with van der Waals surface area (Å²) in [4.78, 5) is 11.9. The van der Waals surface area contributed by atoms with Crippen molar-refractivity contribution in [2.45, 2.75) is 6.54 Å². The third kappa shape index (κ3) is 4.81. The fraction of sp³-hybridized carbons (Fsp3) is 0.278. The summed E-state index contributed by atoms with van der Waals surface area (Å²) >= 11 is 0. The molecule has 0 aliphatic heterocycles. The Balaban J connectivity index is 1.82. The fourth-order valence-electron chi connectivity index (χ4n) is 2.06. The van der Waals surface area contributed by atoms with Gasteiger partial charge in [-0.3, -0.25) is 4.79 Å². The molecule has 0 bridgehead atoms. The van der Waals surface area contributed by atoms with E-state index in [0.29, 0.717) is 23.8 Å². The highest BCUT2D eigenvalue weighted by Gasteiger charge is 2.07. The van der Waals surface area contributed by atoms with Gasteiger partial charge in [0.25, 0.3) is 5.91 Å². The van der Waals surface area contributed by atoms with Crippen LogP contribution in [-0.2, 0) is 11.3 Å². The van der Waals surface area contributed by atoms with Gasteiger partial charge in [0.1, 0.15) is 11.5 Å². The van der Waals surface area contributed by atoms with Gasteiger partial charge in [0.05, 0.1) is 21.3 Å². The van der Waals surface area contributed by atoms with Gasteiger partial charge in [0.2, 0.25) is 0 Å². The Hall–Kier alpha value is -2.89. The summed E-state index contributed by atoms with van der Waals surface area (Å²) in [6, 6.07) is 12.5. The smallest absolute Gasteiger partial charge is 0.258 e. The molecular formula is C18H21NO5. The Morgan fingerprint density at radius 1 is 0.875 bits per heavy atom. The predicted octanol–water partition coefficient (Wildman–Crippen LogP) is 2.41. The number of hydrogen-bond acceptors (Lipinski definition) is 5. The third-order valence-corrected chi connectivity index (χ3v) is 3.37. The van der Waals surface area contributed by atoms with Gasteiger partial charge in [0.15, 0.2) is 18.1 Å². The third-order valence-electron chi connectivity index (χ3n) is 3.37. The van der Waals surface area contributed by atoms with Crippen LogP contribution in [-0.4, -0.2) is 33.8 Å². The molecule has 0 radical (unpaired) electrons. The number of rotatable bonds is 8. The number of carbonyl (C=O) groups excluding carboxylic acids is 1. The molecule has 0 aliphatic carbocycles. The zero-order chi connectivity index (χ0) is 17.4. The van der Waals surface area contributed by atoms with Crippen LogP contribution in [0, 0.1) is 0 Å². The standard InChI is InChI=1S/C18H21NO5/c1-21-14-5-7-15(8-6-14)24-12-18(20)19-11-13-4-9-16(22-2)17(10-13)23-3/h4-10H,11-12H2,1-3H3,(H,19,20). The Labute approximate surface area is 141 Å². The number of methoxy groups -OCH3 is 3. The van der Waals surface area contributed by atoms with Crippen molar-refractivity contribution in [1.82, 2.24) is 5.32 Å². The second kappa shape index (κ2) is 8.67. The van der Waals surface area contributed by atoms with Crippen molar-refractivity contribution in [3.63, 3.8) is 0 Å². The molecule has 0 saturated carbocycles. The topological polar surface area (TPSA) is 66.0 Å². The van der Waals surface area contributed by atoms with E-state index in [9.17, 15) is 4.79 Å². The molecule has 0 heterocycles. The molecule has 0 unspecified atom stereocenters. The highest BCUT2D eigenvalue weighted by Crippen LogP contribution is 2.27. The Kier molecular flexibility index (Phi) is 6.31. The van der Waals surface area contributed by atoms with Crippen molar-refractivity contribution in [2.24, 2.45) is 0 Å². The molecule has 0 atom stereocenters. The van der Waals surface area contributed by atoms with Gasteiger partial charge in [0, 0.05) is 6.54 Å². The van der Waals surface area contributed by atoms with E-state index < -0.39 is 0 Å². The first kappa shape index (κ1) is 17.5. The number of benzene rings is 2. The van der Waals surface area contributed by atoms with Gasteiger partial charge in [-0.05, 0) is 42.0 Å². The van der Waals surface area contributed by atoms with Crippen LogP contribution < -0.4 is 24.3 Å². The summed E-state index contributed by atoms with van der Waals surface area (Å²) in [6.45, 7) is 0.324. The predicted molar refractivity (Wildman–Crippen MR) is 89.9 cm³/mol. The quantitative estimate of drug-likeness (QED) is 0.805. The molecule has 128 valence electrons. The normalized spacial score (nSPS) is 9.96. The van der Waals surface area contributed by atoms with Gasteiger partial charge >= 0.3 is 0 Å². The van der Waals surface area contributed by atoms with E-state index in [0.717, 1.165) is 11.3 Å². The van der Waals surface area contributed by atoms with Crippen molar-refractivity contribution < 1.29 is 23.7 Å². The molecule has 0 aromatic heterocycles. The number of carbonyl (C=O) groups is 1. The van der Waals surface area contributed by atoms with Crippen LogP contribution >= 0.6 is 0 Å². The molecule has 1 amide bonds. The van der Waals surface area contributed by atoms with Crippen molar-refractivity contribution in [3.05, 3.63) is 48.0 Å².